The molecule has 3 amide bonds. The van der Waals surface area contributed by atoms with Gasteiger partial charge in [0, 0.05) is 37.0 Å². The standard InChI is InChI=1S/C19H23N5O4/c1-13-4-6-14(7-5-13)22-8-9-23-17(26)18(27)24(21-19(22)23)12-16(25)20-11-15-3-2-10-28-15/h4-7,15,19H,2-3,8-12H2,1H3/p+1. The number of carbonyl (C=O) groups is 3. The van der Waals surface area contributed by atoms with Gasteiger partial charge in [-0.3, -0.25) is 14.5 Å². The first-order valence-electron chi connectivity index (χ1n) is 9.58. The molecule has 148 valence electrons. The molecular formula is C19H24N5O4+. The third kappa shape index (κ3) is 3.62. The highest BCUT2D eigenvalue weighted by Gasteiger charge is 2.49. The zero-order chi connectivity index (χ0) is 19.7. The highest BCUT2D eigenvalue weighted by atomic mass is 16.5. The molecule has 0 aromatic heterocycles. The van der Waals surface area contributed by atoms with Crippen LogP contribution in [0, 0.1) is 6.92 Å². The van der Waals surface area contributed by atoms with E-state index in [1.54, 1.807) is 0 Å². The zero-order valence-corrected chi connectivity index (χ0v) is 15.8. The SMILES string of the molecule is Cc1ccc(N2CCN3C(=O)C(=O)[N+](CC(=O)NCC4CCCO4)=NC32)cc1. The van der Waals surface area contributed by atoms with E-state index < -0.39 is 18.1 Å². The van der Waals surface area contributed by atoms with E-state index in [0.717, 1.165) is 28.8 Å². The highest BCUT2D eigenvalue weighted by Crippen LogP contribution is 2.27. The molecule has 4 rings (SSSR count). The van der Waals surface area contributed by atoms with Crippen molar-refractivity contribution in [2.75, 3.05) is 37.7 Å². The molecule has 9 heteroatoms. The smallest absolute Gasteiger partial charge is 0.376 e. The lowest BCUT2D eigenvalue weighted by Gasteiger charge is -2.27. The number of nitrogens with one attached hydrogen (secondary N) is 1. The van der Waals surface area contributed by atoms with Crippen molar-refractivity contribution < 1.29 is 23.8 Å². The van der Waals surface area contributed by atoms with Crippen molar-refractivity contribution in [2.45, 2.75) is 32.2 Å². The minimum atomic E-state index is -0.769. The lowest BCUT2D eigenvalue weighted by molar-refractivity contribution is -0.509. The Balaban J connectivity index is 1.47. The molecule has 0 saturated carbocycles. The molecule has 3 heterocycles. The quantitative estimate of drug-likeness (QED) is 0.577. The van der Waals surface area contributed by atoms with E-state index in [0.29, 0.717) is 26.2 Å². The number of fused-ring (bicyclic) bond motifs is 1. The fraction of sp³-hybridized carbons (Fsp3) is 0.526. The number of hydrogen-bond donors (Lipinski definition) is 1. The molecule has 2 fully saturated rings. The van der Waals surface area contributed by atoms with Gasteiger partial charge in [-0.15, -0.1) is 0 Å². The Morgan fingerprint density at radius 3 is 2.71 bits per heavy atom. The zero-order valence-electron chi connectivity index (χ0n) is 15.8. The van der Waals surface area contributed by atoms with E-state index in [2.05, 4.69) is 10.4 Å². The number of aryl methyl sites for hydroxylation is 1. The predicted molar refractivity (Wildman–Crippen MR) is 98.6 cm³/mol. The van der Waals surface area contributed by atoms with Gasteiger partial charge in [-0.2, -0.15) is 0 Å². The van der Waals surface area contributed by atoms with Gasteiger partial charge in [-0.25, -0.2) is 4.79 Å². The van der Waals surface area contributed by atoms with Crippen molar-refractivity contribution >= 4 is 23.4 Å². The summed E-state index contributed by atoms with van der Waals surface area (Å²) in [5.41, 5.74) is 2.06. The summed E-state index contributed by atoms with van der Waals surface area (Å²) in [5, 5.41) is 7.16. The second kappa shape index (κ2) is 7.67. The van der Waals surface area contributed by atoms with Crippen LogP contribution in [0.4, 0.5) is 5.69 Å². The number of carbonyl (C=O) groups excluding carboxylic acids is 3. The fourth-order valence-electron chi connectivity index (χ4n) is 3.69. The summed E-state index contributed by atoms with van der Waals surface area (Å²) >= 11 is 0. The fourth-order valence-corrected chi connectivity index (χ4v) is 3.69. The van der Waals surface area contributed by atoms with E-state index in [-0.39, 0.29) is 18.6 Å². The number of ether oxygens (including phenoxy) is 1. The van der Waals surface area contributed by atoms with Crippen LogP contribution in [0.5, 0.6) is 0 Å². The van der Waals surface area contributed by atoms with Crippen LogP contribution in [0.3, 0.4) is 0 Å². The van der Waals surface area contributed by atoms with Crippen LogP contribution in [0.1, 0.15) is 18.4 Å². The van der Waals surface area contributed by atoms with E-state index in [4.69, 9.17) is 4.74 Å². The second-order valence-electron chi connectivity index (χ2n) is 7.29. The van der Waals surface area contributed by atoms with Crippen LogP contribution in [0.25, 0.3) is 0 Å². The number of rotatable bonds is 5. The number of hydrogen-bond acceptors (Lipinski definition) is 6. The summed E-state index contributed by atoms with van der Waals surface area (Å²) in [6, 6.07) is 7.91. The van der Waals surface area contributed by atoms with Crippen LogP contribution in [0.15, 0.2) is 29.4 Å². The first kappa shape index (κ1) is 18.5. The molecular weight excluding hydrogens is 362 g/mol. The normalized spacial score (nSPS) is 24.4. The van der Waals surface area contributed by atoms with Crippen LogP contribution in [0.2, 0.25) is 0 Å². The number of benzene rings is 1. The average Bonchev–Trinajstić information content (AvgIpc) is 3.35. The van der Waals surface area contributed by atoms with Gasteiger partial charge >= 0.3 is 11.8 Å². The monoisotopic (exact) mass is 386 g/mol. The molecule has 28 heavy (non-hydrogen) atoms. The first-order valence-corrected chi connectivity index (χ1v) is 9.58. The minimum absolute atomic E-state index is 0.0157. The van der Waals surface area contributed by atoms with E-state index in [1.807, 2.05) is 36.1 Å². The predicted octanol–water partition coefficient (Wildman–Crippen LogP) is 0.227. The van der Waals surface area contributed by atoms with Crippen molar-refractivity contribution in [2.24, 2.45) is 5.11 Å². The third-order valence-electron chi connectivity index (χ3n) is 5.27. The number of nitrogens with zero attached hydrogens (tertiary/aromatic N) is 4. The van der Waals surface area contributed by atoms with Crippen LogP contribution in [-0.4, -0.2) is 72.5 Å². The van der Waals surface area contributed by atoms with Gasteiger partial charge in [0.15, 0.2) is 0 Å². The lowest BCUT2D eigenvalue weighted by atomic mass is 10.2. The van der Waals surface area contributed by atoms with Gasteiger partial charge in [0.2, 0.25) is 0 Å². The van der Waals surface area contributed by atoms with Crippen molar-refractivity contribution in [1.82, 2.24) is 10.2 Å². The average molecular weight is 386 g/mol. The van der Waals surface area contributed by atoms with Crippen LogP contribution >= 0.6 is 0 Å². The summed E-state index contributed by atoms with van der Waals surface area (Å²) in [4.78, 5) is 40.5. The molecule has 0 spiro atoms. The molecule has 9 nitrogen and oxygen atoms in total. The summed E-state index contributed by atoms with van der Waals surface area (Å²) in [7, 11) is 0. The second-order valence-corrected chi connectivity index (χ2v) is 7.29. The van der Waals surface area contributed by atoms with Gasteiger partial charge in [-0.1, -0.05) is 17.7 Å². The maximum absolute atomic E-state index is 12.5. The summed E-state index contributed by atoms with van der Waals surface area (Å²) in [6.07, 6.45) is 1.30. The van der Waals surface area contributed by atoms with Crippen LogP contribution in [-0.2, 0) is 19.1 Å². The molecule has 0 bridgehead atoms. The molecule has 2 unspecified atom stereocenters. The van der Waals surface area contributed by atoms with Crippen molar-refractivity contribution in [1.29, 1.82) is 0 Å². The molecule has 1 N–H and O–H groups in total. The van der Waals surface area contributed by atoms with E-state index in [1.165, 1.54) is 4.90 Å². The largest absolute Gasteiger partial charge is 0.502 e. The van der Waals surface area contributed by atoms with Gasteiger partial charge in [-0.05, 0) is 36.6 Å². The molecule has 1 aromatic carbocycles. The Labute approximate surface area is 162 Å². The summed E-state index contributed by atoms with van der Waals surface area (Å²) < 4.78 is 6.46. The van der Waals surface area contributed by atoms with Gasteiger partial charge in [0.1, 0.15) is 0 Å². The van der Waals surface area contributed by atoms with E-state index >= 15 is 0 Å². The number of amides is 3. The summed E-state index contributed by atoms with van der Waals surface area (Å²) in [5.74, 6) is -1.75. The van der Waals surface area contributed by atoms with Crippen LogP contribution < -0.4 is 10.2 Å². The number of anilines is 1. The maximum Gasteiger partial charge on any atom is 0.502 e. The van der Waals surface area contributed by atoms with Crippen molar-refractivity contribution in [3.05, 3.63) is 29.8 Å². The molecule has 1 aromatic rings. The summed E-state index contributed by atoms with van der Waals surface area (Å²) in [6.45, 7) is 3.84. The highest BCUT2D eigenvalue weighted by molar-refractivity contribution is 6.31. The Morgan fingerprint density at radius 1 is 1.25 bits per heavy atom. The number of azo groups is 2. The van der Waals surface area contributed by atoms with Gasteiger partial charge in [0.25, 0.3) is 18.7 Å². The molecule has 0 aliphatic carbocycles. The molecule has 3 aliphatic rings. The first-order chi connectivity index (χ1) is 13.5. The van der Waals surface area contributed by atoms with Crippen molar-refractivity contribution in [3.63, 3.8) is 0 Å². The topological polar surface area (TPSA) is 94.3 Å². The molecule has 2 atom stereocenters. The van der Waals surface area contributed by atoms with Gasteiger partial charge < -0.3 is 15.0 Å². The lowest BCUT2D eigenvalue weighted by Crippen LogP contribution is -2.53. The molecule has 2 saturated heterocycles. The maximum atomic E-state index is 12.5. The van der Waals surface area contributed by atoms with Gasteiger partial charge in [0.05, 0.1) is 6.10 Å². The Hall–Kier alpha value is -2.81. The Kier molecular flexibility index (Phi) is 5.08. The molecule has 0 radical (unpaired) electrons. The minimum Gasteiger partial charge on any atom is -0.376 e. The third-order valence-corrected chi connectivity index (χ3v) is 5.27. The van der Waals surface area contributed by atoms with E-state index in [9.17, 15) is 14.4 Å². The Bertz CT molecular complexity index is 816. The molecule has 3 aliphatic heterocycles. The van der Waals surface area contributed by atoms with Crippen molar-refractivity contribution in [3.8, 4) is 0 Å². The Morgan fingerprint density at radius 2 is 2.00 bits per heavy atom.